The molecule has 1 heterocycles. The topological polar surface area (TPSA) is 67.0 Å². The van der Waals surface area contributed by atoms with Crippen LogP contribution in [0.1, 0.15) is 22.5 Å². The molecule has 1 aromatic carbocycles. The van der Waals surface area contributed by atoms with Gasteiger partial charge in [0.15, 0.2) is 0 Å². The van der Waals surface area contributed by atoms with Gasteiger partial charge in [0.1, 0.15) is 5.75 Å². The van der Waals surface area contributed by atoms with E-state index >= 15 is 0 Å². The summed E-state index contributed by atoms with van der Waals surface area (Å²) in [6, 6.07) is 7.54. The van der Waals surface area contributed by atoms with E-state index in [2.05, 4.69) is 15.5 Å². The summed E-state index contributed by atoms with van der Waals surface area (Å²) < 4.78 is 5.24. The van der Waals surface area contributed by atoms with Crippen LogP contribution >= 0.6 is 0 Å². The van der Waals surface area contributed by atoms with Gasteiger partial charge in [-0.25, -0.2) is 0 Å². The van der Waals surface area contributed by atoms with Crippen LogP contribution in [0.4, 0.5) is 0 Å². The van der Waals surface area contributed by atoms with E-state index in [1.165, 1.54) is 0 Å². The van der Waals surface area contributed by atoms with E-state index in [0.717, 1.165) is 28.3 Å². The smallest absolute Gasteiger partial charge is 0.224 e. The fourth-order valence-corrected chi connectivity index (χ4v) is 2.11. The minimum Gasteiger partial charge on any atom is -0.496 e. The number of aromatic amines is 1. The Morgan fingerprint density at radius 3 is 2.75 bits per heavy atom. The SMILES string of the molecule is COc1ccccc1CC(=O)NCc1c(C)n[nH]c1C. The van der Waals surface area contributed by atoms with Crippen molar-refractivity contribution >= 4 is 5.91 Å². The van der Waals surface area contributed by atoms with Crippen molar-refractivity contribution in [1.29, 1.82) is 0 Å². The van der Waals surface area contributed by atoms with Gasteiger partial charge in [-0.2, -0.15) is 5.10 Å². The molecule has 0 aliphatic carbocycles. The molecule has 0 spiro atoms. The lowest BCUT2D eigenvalue weighted by Gasteiger charge is -2.09. The molecule has 2 N–H and O–H groups in total. The molecule has 0 atom stereocenters. The van der Waals surface area contributed by atoms with E-state index in [9.17, 15) is 4.79 Å². The van der Waals surface area contributed by atoms with E-state index in [-0.39, 0.29) is 5.91 Å². The number of H-pyrrole nitrogens is 1. The first-order chi connectivity index (χ1) is 9.61. The summed E-state index contributed by atoms with van der Waals surface area (Å²) in [5, 5.41) is 9.93. The normalized spacial score (nSPS) is 10.3. The molecule has 0 saturated heterocycles. The van der Waals surface area contributed by atoms with Gasteiger partial charge >= 0.3 is 0 Å². The predicted molar refractivity (Wildman–Crippen MR) is 76.6 cm³/mol. The number of carbonyl (C=O) groups excluding carboxylic acids is 1. The lowest BCUT2D eigenvalue weighted by molar-refractivity contribution is -0.120. The molecule has 2 rings (SSSR count). The quantitative estimate of drug-likeness (QED) is 0.874. The van der Waals surface area contributed by atoms with E-state index in [0.29, 0.717) is 13.0 Å². The molecule has 0 aliphatic rings. The van der Waals surface area contributed by atoms with Crippen LogP contribution < -0.4 is 10.1 Å². The molecule has 0 radical (unpaired) electrons. The Kier molecular flexibility index (Phi) is 4.40. The maximum Gasteiger partial charge on any atom is 0.224 e. The third-order valence-electron chi connectivity index (χ3n) is 3.29. The Balaban J connectivity index is 1.96. The predicted octanol–water partition coefficient (Wildman–Crippen LogP) is 1.89. The number of aryl methyl sites for hydroxylation is 2. The van der Waals surface area contributed by atoms with Gasteiger partial charge in [-0.1, -0.05) is 18.2 Å². The van der Waals surface area contributed by atoms with Crippen molar-refractivity contribution < 1.29 is 9.53 Å². The first kappa shape index (κ1) is 14.1. The van der Waals surface area contributed by atoms with Crippen molar-refractivity contribution in [3.8, 4) is 5.75 Å². The molecular formula is C15H19N3O2. The number of amides is 1. The molecule has 20 heavy (non-hydrogen) atoms. The number of benzene rings is 1. The molecule has 0 unspecified atom stereocenters. The molecule has 0 fully saturated rings. The highest BCUT2D eigenvalue weighted by Crippen LogP contribution is 2.17. The molecule has 5 heteroatoms. The summed E-state index contributed by atoms with van der Waals surface area (Å²) in [5.74, 6) is 0.702. The second kappa shape index (κ2) is 6.23. The molecule has 0 bridgehead atoms. The zero-order chi connectivity index (χ0) is 14.5. The van der Waals surface area contributed by atoms with Crippen LogP contribution in [-0.4, -0.2) is 23.2 Å². The van der Waals surface area contributed by atoms with Crippen LogP contribution in [-0.2, 0) is 17.8 Å². The molecule has 1 amide bonds. The van der Waals surface area contributed by atoms with Crippen molar-refractivity contribution in [2.75, 3.05) is 7.11 Å². The number of rotatable bonds is 5. The van der Waals surface area contributed by atoms with Crippen LogP contribution in [0, 0.1) is 13.8 Å². The number of carbonyl (C=O) groups is 1. The fraction of sp³-hybridized carbons (Fsp3) is 0.333. The van der Waals surface area contributed by atoms with Gasteiger partial charge in [0.2, 0.25) is 5.91 Å². The minimum absolute atomic E-state index is 0.0329. The molecule has 5 nitrogen and oxygen atoms in total. The number of methoxy groups -OCH3 is 1. The van der Waals surface area contributed by atoms with Gasteiger partial charge < -0.3 is 10.1 Å². The first-order valence-electron chi connectivity index (χ1n) is 6.51. The Labute approximate surface area is 118 Å². The standard InChI is InChI=1S/C15H19N3O2/c1-10-13(11(2)18-17-10)9-16-15(19)8-12-6-4-5-7-14(12)20-3/h4-7H,8-9H2,1-3H3,(H,16,19)(H,17,18). The summed E-state index contributed by atoms with van der Waals surface area (Å²) in [7, 11) is 1.61. The zero-order valence-corrected chi connectivity index (χ0v) is 12.0. The fourth-order valence-electron chi connectivity index (χ4n) is 2.11. The van der Waals surface area contributed by atoms with Crippen molar-refractivity contribution in [2.24, 2.45) is 0 Å². The Bertz CT molecular complexity index is 585. The molecule has 0 saturated carbocycles. The van der Waals surface area contributed by atoms with E-state index in [1.807, 2.05) is 38.1 Å². The van der Waals surface area contributed by atoms with Crippen LogP contribution in [0.2, 0.25) is 0 Å². The van der Waals surface area contributed by atoms with Gasteiger partial charge in [-0.05, 0) is 19.9 Å². The van der Waals surface area contributed by atoms with Gasteiger partial charge in [0.25, 0.3) is 0 Å². The number of nitrogens with one attached hydrogen (secondary N) is 2. The maximum absolute atomic E-state index is 12.0. The van der Waals surface area contributed by atoms with Gasteiger partial charge in [0.05, 0.1) is 19.2 Å². The molecule has 0 aliphatic heterocycles. The summed E-state index contributed by atoms with van der Waals surface area (Å²) in [5.41, 5.74) is 3.83. The maximum atomic E-state index is 12.0. The monoisotopic (exact) mass is 273 g/mol. The largest absolute Gasteiger partial charge is 0.496 e. The average molecular weight is 273 g/mol. The highest BCUT2D eigenvalue weighted by Gasteiger charge is 2.10. The molecule has 2 aromatic rings. The van der Waals surface area contributed by atoms with Crippen LogP contribution in [0.15, 0.2) is 24.3 Å². The summed E-state index contributed by atoms with van der Waals surface area (Å²) in [6.07, 6.45) is 0.306. The van der Waals surface area contributed by atoms with Gasteiger partial charge in [-0.15, -0.1) is 0 Å². The first-order valence-corrected chi connectivity index (χ1v) is 6.51. The molecule has 1 aromatic heterocycles. The Morgan fingerprint density at radius 2 is 2.10 bits per heavy atom. The van der Waals surface area contributed by atoms with Crippen molar-refractivity contribution in [1.82, 2.24) is 15.5 Å². The second-order valence-corrected chi connectivity index (χ2v) is 4.68. The number of hydrogen-bond donors (Lipinski definition) is 2. The Hall–Kier alpha value is -2.30. The second-order valence-electron chi connectivity index (χ2n) is 4.68. The summed E-state index contributed by atoms with van der Waals surface area (Å²) >= 11 is 0. The highest BCUT2D eigenvalue weighted by molar-refractivity contribution is 5.79. The number of hydrogen-bond acceptors (Lipinski definition) is 3. The molecular weight excluding hydrogens is 254 g/mol. The zero-order valence-electron chi connectivity index (χ0n) is 12.0. The third kappa shape index (κ3) is 3.17. The summed E-state index contributed by atoms with van der Waals surface area (Å²) in [6.45, 7) is 4.36. The van der Waals surface area contributed by atoms with Gasteiger partial charge in [0, 0.05) is 23.4 Å². The number of ether oxygens (including phenoxy) is 1. The lowest BCUT2D eigenvalue weighted by Crippen LogP contribution is -2.25. The minimum atomic E-state index is -0.0329. The number of nitrogens with zero attached hydrogens (tertiary/aromatic N) is 1. The van der Waals surface area contributed by atoms with Gasteiger partial charge in [-0.3, -0.25) is 9.89 Å². The average Bonchev–Trinajstić information content (AvgIpc) is 2.76. The number of aromatic nitrogens is 2. The molecule has 106 valence electrons. The van der Waals surface area contributed by atoms with Crippen molar-refractivity contribution in [2.45, 2.75) is 26.8 Å². The summed E-state index contributed by atoms with van der Waals surface area (Å²) in [4.78, 5) is 12.0. The van der Waals surface area contributed by atoms with Crippen LogP contribution in [0.3, 0.4) is 0 Å². The van der Waals surface area contributed by atoms with E-state index in [4.69, 9.17) is 4.74 Å². The van der Waals surface area contributed by atoms with Crippen LogP contribution in [0.5, 0.6) is 5.75 Å². The van der Waals surface area contributed by atoms with Crippen LogP contribution in [0.25, 0.3) is 0 Å². The third-order valence-corrected chi connectivity index (χ3v) is 3.29. The Morgan fingerprint density at radius 1 is 1.35 bits per heavy atom. The van der Waals surface area contributed by atoms with Crippen molar-refractivity contribution in [3.05, 3.63) is 46.8 Å². The number of para-hydroxylation sites is 1. The van der Waals surface area contributed by atoms with E-state index < -0.39 is 0 Å². The lowest BCUT2D eigenvalue weighted by atomic mass is 10.1. The van der Waals surface area contributed by atoms with Crippen molar-refractivity contribution in [3.63, 3.8) is 0 Å². The van der Waals surface area contributed by atoms with E-state index in [1.54, 1.807) is 7.11 Å². The highest BCUT2D eigenvalue weighted by atomic mass is 16.5.